The maximum Gasteiger partial charge on any atom is 0.416 e. The van der Waals surface area contributed by atoms with Gasteiger partial charge >= 0.3 is 6.18 Å². The van der Waals surface area contributed by atoms with Crippen molar-refractivity contribution in [3.8, 4) is 33.2 Å². The summed E-state index contributed by atoms with van der Waals surface area (Å²) in [5.74, 6) is 0.0736. The van der Waals surface area contributed by atoms with Crippen molar-refractivity contribution in [3.05, 3.63) is 69.8 Å². The van der Waals surface area contributed by atoms with Crippen molar-refractivity contribution in [1.82, 2.24) is 14.8 Å². The lowest BCUT2D eigenvalue weighted by Gasteiger charge is -2.08. The minimum Gasteiger partial charge on any atom is -0.248 e. The highest BCUT2D eigenvalue weighted by atomic mass is 35.5. The fourth-order valence-electron chi connectivity index (χ4n) is 3.20. The van der Waals surface area contributed by atoms with Crippen molar-refractivity contribution in [2.45, 2.75) is 13.1 Å². The third-order valence-electron chi connectivity index (χ3n) is 4.68. The number of nitrogens with zero attached hydrogens (tertiary/aromatic N) is 3. The number of aryl methyl sites for hydroxylation is 1. The molecule has 4 aromatic rings. The van der Waals surface area contributed by atoms with E-state index in [0.717, 1.165) is 17.7 Å². The first-order chi connectivity index (χ1) is 14.2. The van der Waals surface area contributed by atoms with E-state index in [2.05, 4.69) is 10.1 Å². The van der Waals surface area contributed by atoms with Gasteiger partial charge in [0.15, 0.2) is 11.6 Å². The van der Waals surface area contributed by atoms with E-state index in [1.54, 1.807) is 19.2 Å². The summed E-state index contributed by atoms with van der Waals surface area (Å²) < 4.78 is 55.0. The Balaban J connectivity index is 1.78. The summed E-state index contributed by atoms with van der Waals surface area (Å²) in [5, 5.41) is 6.29. The summed E-state index contributed by atoms with van der Waals surface area (Å²) in [4.78, 5) is 5.15. The number of aromatic nitrogens is 3. The highest BCUT2D eigenvalue weighted by molar-refractivity contribution is 7.14. The second-order valence-corrected chi connectivity index (χ2v) is 7.95. The molecule has 0 bridgehead atoms. The first-order valence-electron chi connectivity index (χ1n) is 8.78. The van der Waals surface area contributed by atoms with Crippen molar-refractivity contribution in [3.63, 3.8) is 0 Å². The van der Waals surface area contributed by atoms with E-state index in [-0.39, 0.29) is 16.4 Å². The van der Waals surface area contributed by atoms with Crippen molar-refractivity contribution in [1.29, 1.82) is 0 Å². The fraction of sp³-hybridized carbons (Fsp3) is 0.143. The number of benzene rings is 2. The number of thiophene rings is 1. The Hall–Kier alpha value is -2.71. The third kappa shape index (κ3) is 3.61. The van der Waals surface area contributed by atoms with Crippen LogP contribution in [-0.2, 0) is 13.2 Å². The summed E-state index contributed by atoms with van der Waals surface area (Å²) in [6.07, 6.45) is -4.42. The summed E-state index contributed by atoms with van der Waals surface area (Å²) in [6, 6.07) is 9.52. The minimum absolute atomic E-state index is 0.104. The van der Waals surface area contributed by atoms with Gasteiger partial charge in [-0.1, -0.05) is 29.8 Å². The normalized spacial score (nSPS) is 11.8. The van der Waals surface area contributed by atoms with Crippen LogP contribution < -0.4 is 0 Å². The first kappa shape index (κ1) is 20.6. The molecule has 30 heavy (non-hydrogen) atoms. The van der Waals surface area contributed by atoms with Crippen molar-refractivity contribution in [2.24, 2.45) is 7.05 Å². The molecule has 0 saturated heterocycles. The van der Waals surface area contributed by atoms with Crippen LogP contribution in [0.25, 0.3) is 33.2 Å². The average molecular weight is 452 g/mol. The Labute approximate surface area is 178 Å². The van der Waals surface area contributed by atoms with Gasteiger partial charge in [0.1, 0.15) is 5.82 Å². The van der Waals surface area contributed by atoms with Gasteiger partial charge in [0.25, 0.3) is 0 Å². The van der Waals surface area contributed by atoms with Crippen molar-refractivity contribution < 1.29 is 17.6 Å². The molecule has 0 saturated carbocycles. The summed E-state index contributed by atoms with van der Waals surface area (Å²) in [5.41, 5.74) is 1.34. The van der Waals surface area contributed by atoms with E-state index in [0.29, 0.717) is 21.8 Å². The van der Waals surface area contributed by atoms with Gasteiger partial charge < -0.3 is 0 Å². The number of hydrogen-bond donors (Lipinski definition) is 0. The Kier molecular flexibility index (Phi) is 5.15. The minimum atomic E-state index is -4.42. The molecule has 9 heteroatoms. The molecule has 2 aromatic heterocycles. The molecule has 0 aliphatic heterocycles. The van der Waals surface area contributed by atoms with Crippen LogP contribution >= 0.6 is 22.9 Å². The molecule has 0 aliphatic carbocycles. The second-order valence-electron chi connectivity index (χ2n) is 6.66. The van der Waals surface area contributed by atoms with Gasteiger partial charge in [-0.25, -0.2) is 14.1 Å². The second kappa shape index (κ2) is 7.52. The van der Waals surface area contributed by atoms with Gasteiger partial charge in [0.05, 0.1) is 16.1 Å². The molecule has 0 N–H and O–H groups in total. The van der Waals surface area contributed by atoms with Crippen LogP contribution in [0.15, 0.2) is 47.8 Å². The van der Waals surface area contributed by atoms with Crippen LogP contribution in [0, 0.1) is 12.7 Å². The van der Waals surface area contributed by atoms with Crippen LogP contribution in [0.5, 0.6) is 0 Å². The molecular formula is C21H14ClF4N3S. The van der Waals surface area contributed by atoms with Gasteiger partial charge in [-0.05, 0) is 42.3 Å². The van der Waals surface area contributed by atoms with E-state index < -0.39 is 17.6 Å². The molecule has 0 aliphatic rings. The van der Waals surface area contributed by atoms with E-state index >= 15 is 0 Å². The predicted molar refractivity (Wildman–Crippen MR) is 110 cm³/mol. The first-order valence-corrected chi connectivity index (χ1v) is 10.0. The summed E-state index contributed by atoms with van der Waals surface area (Å²) in [6.45, 7) is 1.81. The van der Waals surface area contributed by atoms with Crippen LogP contribution in [0.1, 0.15) is 11.1 Å². The van der Waals surface area contributed by atoms with Gasteiger partial charge in [0, 0.05) is 22.9 Å². The average Bonchev–Trinajstić information content (AvgIpc) is 3.23. The maximum absolute atomic E-state index is 14.3. The molecule has 3 nitrogen and oxygen atoms in total. The van der Waals surface area contributed by atoms with Gasteiger partial charge in [-0.3, -0.25) is 0 Å². The highest BCUT2D eigenvalue weighted by Gasteiger charge is 2.31. The van der Waals surface area contributed by atoms with E-state index in [9.17, 15) is 17.6 Å². The van der Waals surface area contributed by atoms with Crippen molar-refractivity contribution >= 4 is 22.9 Å². The lowest BCUT2D eigenvalue weighted by Crippen LogP contribution is -2.04. The van der Waals surface area contributed by atoms with Crippen LogP contribution in [-0.4, -0.2) is 14.8 Å². The maximum atomic E-state index is 14.3. The van der Waals surface area contributed by atoms with E-state index in [4.69, 9.17) is 11.6 Å². The molecular weight excluding hydrogens is 438 g/mol. The molecule has 0 spiro atoms. The molecule has 0 radical (unpaired) electrons. The zero-order chi connectivity index (χ0) is 21.6. The molecule has 0 amide bonds. The van der Waals surface area contributed by atoms with Crippen LogP contribution in [0.4, 0.5) is 17.6 Å². The molecule has 0 atom stereocenters. The third-order valence-corrected chi connectivity index (χ3v) is 6.13. The van der Waals surface area contributed by atoms with Gasteiger partial charge in [-0.2, -0.15) is 18.3 Å². The Morgan fingerprint density at radius 3 is 2.53 bits per heavy atom. The lowest BCUT2D eigenvalue weighted by molar-refractivity contribution is -0.137. The monoisotopic (exact) mass is 451 g/mol. The number of hydrogen-bond acceptors (Lipinski definition) is 3. The quantitative estimate of drug-likeness (QED) is 0.314. The smallest absolute Gasteiger partial charge is 0.248 e. The van der Waals surface area contributed by atoms with Gasteiger partial charge in [0.2, 0.25) is 0 Å². The van der Waals surface area contributed by atoms with Crippen LogP contribution in [0.3, 0.4) is 0 Å². The Bertz CT molecular complexity index is 1220. The number of halogens is 5. The standard InChI is InChI=1S/C21H14ClF4N3S/c1-11-14(10-30-18(11)12-5-3-6-13(9-12)21(24,25)26)20-27-19(28-29(20)2)17-15(22)7-4-8-16(17)23/h3-10H,1-2H3. The Morgan fingerprint density at radius 2 is 1.83 bits per heavy atom. The molecule has 2 aromatic carbocycles. The SMILES string of the molecule is Cc1c(-c2nc(-c3c(F)cccc3Cl)nn2C)csc1-c1cccc(C(F)(F)F)c1. The lowest BCUT2D eigenvalue weighted by atomic mass is 10.0. The zero-order valence-corrected chi connectivity index (χ0v) is 17.3. The Morgan fingerprint density at radius 1 is 1.10 bits per heavy atom. The number of alkyl halides is 3. The molecule has 2 heterocycles. The van der Waals surface area contributed by atoms with Gasteiger partial charge in [-0.15, -0.1) is 11.3 Å². The summed E-state index contributed by atoms with van der Waals surface area (Å²) >= 11 is 7.43. The highest BCUT2D eigenvalue weighted by Crippen LogP contribution is 2.40. The molecule has 154 valence electrons. The summed E-state index contributed by atoms with van der Waals surface area (Å²) in [7, 11) is 1.67. The fourth-order valence-corrected chi connectivity index (χ4v) is 4.51. The topological polar surface area (TPSA) is 30.7 Å². The van der Waals surface area contributed by atoms with E-state index in [1.807, 2.05) is 12.3 Å². The zero-order valence-electron chi connectivity index (χ0n) is 15.8. The predicted octanol–water partition coefficient (Wildman–Crippen LogP) is 7.00. The molecule has 0 unspecified atom stereocenters. The molecule has 0 fully saturated rings. The van der Waals surface area contributed by atoms with E-state index in [1.165, 1.54) is 34.2 Å². The van der Waals surface area contributed by atoms with Crippen molar-refractivity contribution in [2.75, 3.05) is 0 Å². The largest absolute Gasteiger partial charge is 0.416 e. The van der Waals surface area contributed by atoms with Crippen LogP contribution in [0.2, 0.25) is 5.02 Å². The number of rotatable bonds is 3. The molecule has 4 rings (SSSR count).